The van der Waals surface area contributed by atoms with Crippen molar-refractivity contribution >= 4 is 10.0 Å². The van der Waals surface area contributed by atoms with Crippen LogP contribution in [-0.4, -0.2) is 24.8 Å². The number of rotatable bonds is 7. The van der Waals surface area contributed by atoms with E-state index < -0.39 is 26.9 Å². The Bertz CT molecular complexity index is 865. The lowest BCUT2D eigenvalue weighted by Gasteiger charge is -2.41. The van der Waals surface area contributed by atoms with E-state index in [4.69, 9.17) is 4.74 Å². The van der Waals surface area contributed by atoms with E-state index >= 15 is 0 Å². The summed E-state index contributed by atoms with van der Waals surface area (Å²) in [6, 6.07) is 16.7. The highest BCUT2D eigenvalue weighted by atomic mass is 32.2. The van der Waals surface area contributed by atoms with Gasteiger partial charge in [-0.15, -0.1) is 0 Å². The molecule has 1 saturated carbocycles. The van der Waals surface area contributed by atoms with Crippen LogP contribution < -0.4 is 9.46 Å². The van der Waals surface area contributed by atoms with Crippen molar-refractivity contribution in [2.75, 3.05) is 0 Å². The normalized spacial score (nSPS) is 22.9. The summed E-state index contributed by atoms with van der Waals surface area (Å²) < 4.78 is 33.2. The number of hydrogen-bond acceptors (Lipinski definition) is 4. The van der Waals surface area contributed by atoms with E-state index in [-0.39, 0.29) is 0 Å². The zero-order valence-electron chi connectivity index (χ0n) is 16.5. The Labute approximate surface area is 167 Å². The highest BCUT2D eigenvalue weighted by Gasteiger charge is 2.42. The van der Waals surface area contributed by atoms with Gasteiger partial charge < -0.3 is 9.84 Å². The van der Waals surface area contributed by atoms with Crippen molar-refractivity contribution in [1.82, 2.24) is 4.72 Å². The summed E-state index contributed by atoms with van der Waals surface area (Å²) in [4.78, 5) is 0. The maximum atomic E-state index is 12.3. The van der Waals surface area contributed by atoms with E-state index in [2.05, 4.69) is 4.72 Å². The van der Waals surface area contributed by atoms with Gasteiger partial charge in [0, 0.05) is 0 Å². The molecule has 0 heterocycles. The van der Waals surface area contributed by atoms with Gasteiger partial charge in [0.15, 0.2) is 0 Å². The Kier molecular flexibility index (Phi) is 6.43. The molecule has 0 bridgehead atoms. The summed E-state index contributed by atoms with van der Waals surface area (Å²) in [6.45, 7) is 3.76. The molecule has 1 aliphatic carbocycles. The van der Waals surface area contributed by atoms with Gasteiger partial charge in [-0.2, -0.15) is 0 Å². The molecule has 2 aromatic carbocycles. The van der Waals surface area contributed by atoms with E-state index in [1.165, 1.54) is 0 Å². The number of nitrogens with one attached hydrogen (secondary N) is 1. The minimum atomic E-state index is -3.46. The second-order valence-electron chi connectivity index (χ2n) is 7.73. The van der Waals surface area contributed by atoms with Crippen molar-refractivity contribution in [1.29, 1.82) is 0 Å². The Morgan fingerprint density at radius 1 is 1.11 bits per heavy atom. The summed E-state index contributed by atoms with van der Waals surface area (Å²) in [6.07, 6.45) is 2.91. The molecular formula is C22H29NO4S. The summed E-state index contributed by atoms with van der Waals surface area (Å²) in [5, 5.41) is 10.8. The summed E-state index contributed by atoms with van der Waals surface area (Å²) in [5.74, 6) is 0.714. The number of aliphatic hydroxyl groups is 1. The van der Waals surface area contributed by atoms with E-state index in [0.29, 0.717) is 25.2 Å². The van der Waals surface area contributed by atoms with Gasteiger partial charge in [0.2, 0.25) is 10.0 Å². The molecule has 0 spiro atoms. The highest BCUT2D eigenvalue weighted by Crippen LogP contribution is 2.38. The molecule has 152 valence electrons. The second kappa shape index (κ2) is 8.64. The average molecular weight is 404 g/mol. The first-order valence-electron chi connectivity index (χ1n) is 9.82. The quantitative estimate of drug-likeness (QED) is 0.739. The largest absolute Gasteiger partial charge is 0.489 e. The molecule has 28 heavy (non-hydrogen) atoms. The fourth-order valence-corrected chi connectivity index (χ4v) is 4.55. The summed E-state index contributed by atoms with van der Waals surface area (Å²) in [5.41, 5.74) is 0.592. The predicted octanol–water partition coefficient (Wildman–Crippen LogP) is 3.72. The Morgan fingerprint density at radius 2 is 1.79 bits per heavy atom. The Morgan fingerprint density at radius 3 is 2.43 bits per heavy atom. The summed E-state index contributed by atoms with van der Waals surface area (Å²) >= 11 is 0. The van der Waals surface area contributed by atoms with Gasteiger partial charge in [0.25, 0.3) is 0 Å². The molecule has 3 rings (SSSR count). The van der Waals surface area contributed by atoms with Gasteiger partial charge >= 0.3 is 0 Å². The maximum Gasteiger partial charge on any atom is 0.214 e. The van der Waals surface area contributed by atoms with Crippen molar-refractivity contribution in [3.8, 4) is 5.75 Å². The monoisotopic (exact) mass is 403 g/mol. The number of benzene rings is 2. The SMILES string of the molecule is CC(C)S(=O)(=O)N[C@H]1CCCC[C@@]1(O)c1ccc(OCc2ccccc2)cc1. The van der Waals surface area contributed by atoms with Gasteiger partial charge in [-0.25, -0.2) is 13.1 Å². The number of hydrogen-bond donors (Lipinski definition) is 2. The van der Waals surface area contributed by atoms with Crippen LogP contribution in [0.25, 0.3) is 0 Å². The Balaban J connectivity index is 1.74. The van der Waals surface area contributed by atoms with Crippen molar-refractivity contribution in [2.24, 2.45) is 0 Å². The molecule has 6 heteroatoms. The van der Waals surface area contributed by atoms with Crippen LogP contribution in [-0.2, 0) is 22.2 Å². The molecule has 0 aliphatic heterocycles. The van der Waals surface area contributed by atoms with Crippen molar-refractivity contribution in [3.63, 3.8) is 0 Å². The first kappa shape index (κ1) is 20.8. The van der Waals surface area contributed by atoms with Gasteiger partial charge in [-0.05, 0) is 49.9 Å². The molecule has 0 amide bonds. The molecule has 2 atom stereocenters. The van der Waals surface area contributed by atoms with Gasteiger partial charge in [0.1, 0.15) is 18.0 Å². The average Bonchev–Trinajstić information content (AvgIpc) is 2.69. The molecule has 0 saturated heterocycles. The van der Waals surface area contributed by atoms with Crippen LogP contribution in [0.15, 0.2) is 54.6 Å². The fourth-order valence-electron chi connectivity index (χ4n) is 3.57. The van der Waals surface area contributed by atoms with Crippen molar-refractivity contribution in [2.45, 2.75) is 63.0 Å². The summed E-state index contributed by atoms with van der Waals surface area (Å²) in [7, 11) is -3.46. The molecule has 2 N–H and O–H groups in total. The van der Waals surface area contributed by atoms with Crippen LogP contribution in [0.2, 0.25) is 0 Å². The Hall–Kier alpha value is -1.89. The molecule has 5 nitrogen and oxygen atoms in total. The molecule has 0 radical (unpaired) electrons. The van der Waals surface area contributed by atoms with Crippen molar-refractivity contribution < 1.29 is 18.3 Å². The van der Waals surface area contributed by atoms with E-state index in [9.17, 15) is 13.5 Å². The first-order valence-corrected chi connectivity index (χ1v) is 11.4. The van der Waals surface area contributed by atoms with Gasteiger partial charge in [-0.3, -0.25) is 0 Å². The number of sulfonamides is 1. The smallest absolute Gasteiger partial charge is 0.214 e. The lowest BCUT2D eigenvalue weighted by Crippen LogP contribution is -2.53. The predicted molar refractivity (Wildman–Crippen MR) is 111 cm³/mol. The molecular weight excluding hydrogens is 374 g/mol. The van der Waals surface area contributed by atoms with E-state index in [1.807, 2.05) is 54.6 Å². The van der Waals surface area contributed by atoms with Crippen LogP contribution in [0, 0.1) is 0 Å². The zero-order valence-corrected chi connectivity index (χ0v) is 17.3. The minimum absolute atomic E-state index is 0.473. The van der Waals surface area contributed by atoms with E-state index in [1.54, 1.807) is 13.8 Å². The third-order valence-electron chi connectivity index (χ3n) is 5.41. The molecule has 1 fully saturated rings. The minimum Gasteiger partial charge on any atom is -0.489 e. The molecule has 0 unspecified atom stereocenters. The molecule has 0 aromatic heterocycles. The van der Waals surface area contributed by atoms with E-state index in [0.717, 1.165) is 24.0 Å². The zero-order chi connectivity index (χ0) is 20.2. The molecule has 2 aromatic rings. The third-order valence-corrected chi connectivity index (χ3v) is 7.26. The van der Waals surface area contributed by atoms with Crippen LogP contribution in [0.1, 0.15) is 50.7 Å². The second-order valence-corrected chi connectivity index (χ2v) is 10.0. The number of ether oxygens (including phenoxy) is 1. The third kappa shape index (κ3) is 4.74. The standard InChI is InChI=1S/C22H29NO4S/c1-17(2)28(25,26)23-21-10-6-7-15-22(21,24)19-11-13-20(14-12-19)27-16-18-8-4-3-5-9-18/h3-5,8-9,11-14,17,21,23-24H,6-7,10,15-16H2,1-2H3/t21-,22+/m0/s1. The molecule has 1 aliphatic rings. The highest BCUT2D eigenvalue weighted by molar-refractivity contribution is 7.90. The van der Waals surface area contributed by atoms with Gasteiger partial charge in [-0.1, -0.05) is 55.3 Å². The van der Waals surface area contributed by atoms with Crippen LogP contribution in [0.4, 0.5) is 0 Å². The van der Waals surface area contributed by atoms with Crippen LogP contribution >= 0.6 is 0 Å². The first-order chi connectivity index (χ1) is 13.3. The lowest BCUT2D eigenvalue weighted by molar-refractivity contribution is -0.0250. The van der Waals surface area contributed by atoms with Crippen LogP contribution in [0.3, 0.4) is 0 Å². The lowest BCUT2D eigenvalue weighted by atomic mass is 9.76. The maximum absolute atomic E-state index is 12.3. The topological polar surface area (TPSA) is 75.6 Å². The van der Waals surface area contributed by atoms with Gasteiger partial charge in [0.05, 0.1) is 11.3 Å². The van der Waals surface area contributed by atoms with Crippen molar-refractivity contribution in [3.05, 3.63) is 65.7 Å². The fraction of sp³-hybridized carbons (Fsp3) is 0.455. The van der Waals surface area contributed by atoms with Crippen LogP contribution in [0.5, 0.6) is 5.75 Å².